The molecule has 0 radical (unpaired) electrons. The van der Waals surface area contributed by atoms with E-state index >= 15 is 0 Å². The number of para-hydroxylation sites is 1. The van der Waals surface area contributed by atoms with E-state index in [9.17, 15) is 9.59 Å². The maximum Gasteiger partial charge on any atom is 0.337 e. The largest absolute Gasteiger partial charge is 0.492 e. The van der Waals surface area contributed by atoms with Gasteiger partial charge in [0.1, 0.15) is 12.4 Å². The van der Waals surface area contributed by atoms with Gasteiger partial charge in [0.25, 0.3) is 0 Å². The van der Waals surface area contributed by atoms with Gasteiger partial charge in [-0.2, -0.15) is 0 Å². The summed E-state index contributed by atoms with van der Waals surface area (Å²) in [4.78, 5) is 28.3. The first kappa shape index (κ1) is 21.6. The summed E-state index contributed by atoms with van der Waals surface area (Å²) in [5.74, 6) is 0.477. The fourth-order valence-electron chi connectivity index (χ4n) is 3.51. The van der Waals surface area contributed by atoms with Gasteiger partial charge >= 0.3 is 5.97 Å². The second-order valence-corrected chi connectivity index (χ2v) is 7.32. The van der Waals surface area contributed by atoms with Gasteiger partial charge in [0, 0.05) is 31.4 Å². The number of benzene rings is 2. The molecular weight excluding hydrogens is 382 g/mol. The van der Waals surface area contributed by atoms with Crippen molar-refractivity contribution in [2.24, 2.45) is 0 Å². The first-order valence-electron chi connectivity index (χ1n) is 10.2. The van der Waals surface area contributed by atoms with Crippen LogP contribution >= 0.6 is 0 Å². The highest BCUT2D eigenvalue weighted by atomic mass is 16.5. The second kappa shape index (κ2) is 10.6. The van der Waals surface area contributed by atoms with Gasteiger partial charge in [-0.3, -0.25) is 9.69 Å². The van der Waals surface area contributed by atoms with E-state index in [-0.39, 0.29) is 17.9 Å². The van der Waals surface area contributed by atoms with Crippen LogP contribution in [0.5, 0.6) is 5.75 Å². The molecule has 0 saturated carbocycles. The molecule has 1 saturated heterocycles. The number of nitrogens with one attached hydrogen (secondary N) is 1. The Bertz CT molecular complexity index is 826. The highest BCUT2D eigenvalue weighted by Gasteiger charge is 2.25. The SMILES string of the molecule is COC(=O)c1ccc(N2CCN(CC(=O)NCCOc3ccccc3)C(C)C2)cc1. The van der Waals surface area contributed by atoms with Crippen molar-refractivity contribution >= 4 is 17.6 Å². The first-order valence-corrected chi connectivity index (χ1v) is 10.2. The molecule has 7 nitrogen and oxygen atoms in total. The van der Waals surface area contributed by atoms with Gasteiger partial charge in [-0.05, 0) is 43.3 Å². The average molecular weight is 412 g/mol. The zero-order valence-corrected chi connectivity index (χ0v) is 17.5. The molecule has 2 aromatic rings. The molecule has 1 amide bonds. The van der Waals surface area contributed by atoms with Crippen LogP contribution in [0.1, 0.15) is 17.3 Å². The molecule has 7 heteroatoms. The zero-order chi connectivity index (χ0) is 21.3. The van der Waals surface area contributed by atoms with E-state index in [0.717, 1.165) is 31.1 Å². The lowest BCUT2D eigenvalue weighted by Crippen LogP contribution is -2.54. The van der Waals surface area contributed by atoms with E-state index < -0.39 is 0 Å². The van der Waals surface area contributed by atoms with Crippen LogP contribution in [0.4, 0.5) is 5.69 Å². The van der Waals surface area contributed by atoms with Crippen molar-refractivity contribution in [2.45, 2.75) is 13.0 Å². The summed E-state index contributed by atoms with van der Waals surface area (Å²) in [6, 6.07) is 17.2. The van der Waals surface area contributed by atoms with Crippen LogP contribution in [-0.4, -0.2) is 69.3 Å². The minimum absolute atomic E-state index is 0.00870. The van der Waals surface area contributed by atoms with Crippen molar-refractivity contribution in [3.63, 3.8) is 0 Å². The molecule has 3 rings (SSSR count). The van der Waals surface area contributed by atoms with Gasteiger partial charge in [-0.15, -0.1) is 0 Å². The number of esters is 1. The number of carbonyl (C=O) groups excluding carboxylic acids is 2. The quantitative estimate of drug-likeness (QED) is 0.530. The summed E-state index contributed by atoms with van der Waals surface area (Å²) in [6.45, 7) is 5.87. The minimum atomic E-state index is -0.333. The molecule has 0 aliphatic carbocycles. The summed E-state index contributed by atoms with van der Waals surface area (Å²) >= 11 is 0. The number of amides is 1. The van der Waals surface area contributed by atoms with Crippen molar-refractivity contribution in [2.75, 3.05) is 51.3 Å². The molecule has 0 aromatic heterocycles. The van der Waals surface area contributed by atoms with Gasteiger partial charge < -0.3 is 19.7 Å². The third-order valence-electron chi connectivity index (χ3n) is 5.20. The van der Waals surface area contributed by atoms with Crippen LogP contribution in [0, 0.1) is 0 Å². The van der Waals surface area contributed by atoms with Gasteiger partial charge in [0.15, 0.2) is 0 Å². The highest BCUT2D eigenvalue weighted by molar-refractivity contribution is 5.89. The Kier molecular flexibility index (Phi) is 7.68. The van der Waals surface area contributed by atoms with Crippen molar-refractivity contribution in [3.05, 3.63) is 60.2 Å². The highest BCUT2D eigenvalue weighted by Crippen LogP contribution is 2.20. The zero-order valence-electron chi connectivity index (χ0n) is 17.5. The van der Waals surface area contributed by atoms with Crippen LogP contribution in [0.15, 0.2) is 54.6 Å². The fraction of sp³-hybridized carbons (Fsp3) is 0.391. The fourth-order valence-corrected chi connectivity index (χ4v) is 3.51. The molecular formula is C23H29N3O4. The summed E-state index contributed by atoms with van der Waals surface area (Å²) in [5.41, 5.74) is 1.61. The maximum atomic E-state index is 12.3. The number of nitrogens with zero attached hydrogens (tertiary/aromatic N) is 2. The summed E-state index contributed by atoms with van der Waals surface area (Å²) < 4.78 is 10.3. The Morgan fingerprint density at radius 2 is 1.80 bits per heavy atom. The van der Waals surface area contributed by atoms with Crippen LogP contribution in [-0.2, 0) is 9.53 Å². The van der Waals surface area contributed by atoms with Gasteiger partial charge in [0.2, 0.25) is 5.91 Å². The summed E-state index contributed by atoms with van der Waals surface area (Å²) in [6.07, 6.45) is 0. The van der Waals surface area contributed by atoms with Crippen LogP contribution in [0.3, 0.4) is 0 Å². The number of ether oxygens (including phenoxy) is 2. The molecule has 1 aliphatic rings. The van der Waals surface area contributed by atoms with E-state index in [2.05, 4.69) is 22.0 Å². The van der Waals surface area contributed by atoms with E-state index in [1.165, 1.54) is 7.11 Å². The van der Waals surface area contributed by atoms with Gasteiger partial charge in [0.05, 0.1) is 25.8 Å². The Labute approximate surface area is 177 Å². The van der Waals surface area contributed by atoms with Crippen molar-refractivity contribution in [3.8, 4) is 5.75 Å². The average Bonchev–Trinajstić information content (AvgIpc) is 2.78. The molecule has 2 aromatic carbocycles. The Hall–Kier alpha value is -3.06. The van der Waals surface area contributed by atoms with E-state index in [4.69, 9.17) is 9.47 Å². The molecule has 0 spiro atoms. The Morgan fingerprint density at radius 3 is 2.47 bits per heavy atom. The molecule has 1 N–H and O–H groups in total. The van der Waals surface area contributed by atoms with E-state index in [0.29, 0.717) is 25.3 Å². The van der Waals surface area contributed by atoms with Crippen molar-refractivity contribution in [1.82, 2.24) is 10.2 Å². The lowest BCUT2D eigenvalue weighted by Gasteiger charge is -2.40. The number of hydrogen-bond acceptors (Lipinski definition) is 6. The summed E-state index contributed by atoms with van der Waals surface area (Å²) in [5, 5.41) is 2.92. The van der Waals surface area contributed by atoms with Gasteiger partial charge in [-0.1, -0.05) is 18.2 Å². The minimum Gasteiger partial charge on any atom is -0.492 e. The third kappa shape index (κ3) is 5.97. The predicted molar refractivity (Wildman–Crippen MR) is 116 cm³/mol. The molecule has 160 valence electrons. The smallest absolute Gasteiger partial charge is 0.337 e. The number of hydrogen-bond donors (Lipinski definition) is 1. The van der Waals surface area contributed by atoms with Crippen LogP contribution in [0.25, 0.3) is 0 Å². The van der Waals surface area contributed by atoms with E-state index in [1.807, 2.05) is 42.5 Å². The number of piperazine rings is 1. The Morgan fingerprint density at radius 1 is 1.07 bits per heavy atom. The van der Waals surface area contributed by atoms with Gasteiger partial charge in [-0.25, -0.2) is 4.79 Å². The number of anilines is 1. The monoisotopic (exact) mass is 411 g/mol. The standard InChI is InChI=1S/C23H29N3O4/c1-18-16-26(20-10-8-19(9-11-20)23(28)29-2)14-13-25(18)17-22(27)24-12-15-30-21-6-4-3-5-7-21/h3-11,18H,12-17H2,1-2H3,(H,24,27). The molecule has 30 heavy (non-hydrogen) atoms. The summed E-state index contributed by atoms with van der Waals surface area (Å²) in [7, 11) is 1.38. The number of rotatable bonds is 8. The molecule has 1 heterocycles. The third-order valence-corrected chi connectivity index (χ3v) is 5.20. The molecule has 1 aliphatic heterocycles. The van der Waals surface area contributed by atoms with Crippen molar-refractivity contribution < 1.29 is 19.1 Å². The first-order chi connectivity index (χ1) is 14.6. The normalized spacial score (nSPS) is 16.7. The Balaban J connectivity index is 1.40. The number of carbonyl (C=O) groups is 2. The molecule has 1 atom stereocenters. The van der Waals surface area contributed by atoms with Crippen LogP contribution < -0.4 is 15.0 Å². The number of methoxy groups -OCH3 is 1. The second-order valence-electron chi connectivity index (χ2n) is 7.32. The lowest BCUT2D eigenvalue weighted by atomic mass is 10.1. The van der Waals surface area contributed by atoms with Crippen molar-refractivity contribution in [1.29, 1.82) is 0 Å². The molecule has 1 fully saturated rings. The predicted octanol–water partition coefficient (Wildman–Crippen LogP) is 2.18. The molecule has 0 bridgehead atoms. The maximum absolute atomic E-state index is 12.3. The van der Waals surface area contributed by atoms with E-state index in [1.54, 1.807) is 12.1 Å². The van der Waals surface area contributed by atoms with Crippen LogP contribution in [0.2, 0.25) is 0 Å². The topological polar surface area (TPSA) is 71.1 Å². The lowest BCUT2D eigenvalue weighted by molar-refractivity contribution is -0.122. The molecule has 1 unspecified atom stereocenters.